The summed E-state index contributed by atoms with van der Waals surface area (Å²) in [6.07, 6.45) is 0. The van der Waals surface area contributed by atoms with Crippen LogP contribution in [-0.2, 0) is 39.1 Å². The van der Waals surface area contributed by atoms with E-state index in [0.29, 0.717) is 0 Å². The zero-order chi connectivity index (χ0) is 10.9. The van der Waals surface area contributed by atoms with Crippen molar-refractivity contribution >= 4 is 23.5 Å². The van der Waals surface area contributed by atoms with Crippen molar-refractivity contribution in [2.45, 2.75) is 0 Å². The van der Waals surface area contributed by atoms with Crippen LogP contribution < -0.4 is 33.1 Å². The van der Waals surface area contributed by atoms with Gasteiger partial charge in [0.1, 0.15) is 0 Å². The van der Waals surface area contributed by atoms with E-state index in [4.69, 9.17) is 9.79 Å². The van der Waals surface area contributed by atoms with Crippen LogP contribution in [0.15, 0.2) is 0 Å². The van der Waals surface area contributed by atoms with Gasteiger partial charge in [0.05, 0.1) is 0 Å². The number of hydrogen-bond donors (Lipinski definition) is 5. The number of rotatable bonds is 4. The Balaban J connectivity index is -0.000000120. The molecule has 0 aromatic carbocycles. The first-order valence-corrected chi connectivity index (χ1v) is 6.68. The molecule has 0 heterocycles. The molecule has 0 radical (unpaired) electrons. The van der Waals surface area contributed by atoms with E-state index in [1.165, 1.54) is 0 Å². The molecule has 0 aromatic rings. The second-order valence-corrected chi connectivity index (χ2v) is 5.62. The molecule has 13 nitrogen and oxygen atoms in total. The second-order valence-electron chi connectivity index (χ2n) is 1.55. The van der Waals surface area contributed by atoms with E-state index in [-0.39, 0.29) is 35.2 Å². The summed E-state index contributed by atoms with van der Waals surface area (Å²) in [5.74, 6) is 0. The Kier molecular flexibility index (Phi) is 17.5. The monoisotopic (exact) mass is 365 g/mol. The Hall–Kier alpha value is 0.796. The van der Waals surface area contributed by atoms with Crippen LogP contribution in [0, 0.1) is 0 Å². The van der Waals surface area contributed by atoms with Gasteiger partial charge in [0.25, 0.3) is 23.5 Å². The van der Waals surface area contributed by atoms with E-state index in [1.54, 1.807) is 0 Å². The Morgan fingerprint density at radius 1 is 0.765 bits per heavy atom. The van der Waals surface area contributed by atoms with E-state index in [2.05, 4.69) is 8.62 Å². The van der Waals surface area contributed by atoms with Crippen LogP contribution in [0.25, 0.3) is 0 Å². The van der Waals surface area contributed by atoms with Gasteiger partial charge in [-0.15, -0.1) is 0 Å². The van der Waals surface area contributed by atoms with Crippen molar-refractivity contribution < 1.29 is 63.6 Å². The SMILES string of the molecule is N.N.N.O=P([O-])(O)OP(=O)([O-])OP(=O)([O-])O.[Co+3]. The van der Waals surface area contributed by atoms with Crippen LogP contribution in [-0.4, -0.2) is 9.79 Å². The first kappa shape index (κ1) is 30.7. The Morgan fingerprint density at radius 3 is 1.06 bits per heavy atom. The van der Waals surface area contributed by atoms with Crippen molar-refractivity contribution in [2.24, 2.45) is 0 Å². The van der Waals surface area contributed by atoms with Crippen molar-refractivity contribution in [3.8, 4) is 0 Å². The molecule has 17 heavy (non-hydrogen) atoms. The van der Waals surface area contributed by atoms with Gasteiger partial charge < -0.3 is 42.9 Å². The van der Waals surface area contributed by atoms with Gasteiger partial charge in [0.15, 0.2) is 0 Å². The molecule has 17 heteroatoms. The molecule has 0 saturated carbocycles. The van der Waals surface area contributed by atoms with Gasteiger partial charge in [-0.3, -0.25) is 13.7 Å². The standard InChI is InChI=1S/Co.3H3N.H5O10P3/c;;;;1-11(2,3)9-13(7,8)10-12(4,5)6/h;3*1H3;(H,7,8)(H2,1,2,3)(H2,4,5,6)/q+3;;;;/p-3. The molecular formula is H11CoN3O10P3. The maximum atomic E-state index is 10.2. The van der Waals surface area contributed by atoms with Crippen LogP contribution in [0.5, 0.6) is 0 Å². The third kappa shape index (κ3) is 22.5. The zero-order valence-electron chi connectivity index (χ0n) is 7.96. The average Bonchev–Trinajstić information content (AvgIpc) is 1.43. The maximum Gasteiger partial charge on any atom is 3.00 e. The zero-order valence-corrected chi connectivity index (χ0v) is 11.7. The molecule has 0 aliphatic rings. The fourth-order valence-electron chi connectivity index (χ4n) is 0.268. The summed E-state index contributed by atoms with van der Waals surface area (Å²) in [6, 6.07) is 0. The average molecular weight is 365 g/mol. The quantitative estimate of drug-likeness (QED) is 0.334. The van der Waals surface area contributed by atoms with Gasteiger partial charge in [0, 0.05) is 0 Å². The van der Waals surface area contributed by atoms with Gasteiger partial charge in [0.2, 0.25) is 0 Å². The van der Waals surface area contributed by atoms with Crippen molar-refractivity contribution in [3.05, 3.63) is 0 Å². The van der Waals surface area contributed by atoms with Gasteiger partial charge in [-0.05, 0) is 0 Å². The second kappa shape index (κ2) is 9.69. The van der Waals surface area contributed by atoms with Crippen LogP contribution >= 0.6 is 23.5 Å². The van der Waals surface area contributed by atoms with Crippen molar-refractivity contribution in [1.82, 2.24) is 18.5 Å². The van der Waals surface area contributed by atoms with Crippen LogP contribution in [0.1, 0.15) is 0 Å². The van der Waals surface area contributed by atoms with E-state index < -0.39 is 23.5 Å². The summed E-state index contributed by atoms with van der Waals surface area (Å²) in [7, 11) is -17.2. The molecule has 2 unspecified atom stereocenters. The molecule has 0 amide bonds. The summed E-state index contributed by atoms with van der Waals surface area (Å²) < 4.78 is 35.3. The predicted octanol–water partition coefficient (Wildman–Crippen LogP) is -2.11. The molecule has 110 valence electrons. The van der Waals surface area contributed by atoms with E-state index >= 15 is 0 Å². The van der Waals surface area contributed by atoms with E-state index in [1.807, 2.05) is 0 Å². The molecule has 2 atom stereocenters. The molecule has 0 rings (SSSR count). The van der Waals surface area contributed by atoms with Gasteiger partial charge in [-0.25, -0.2) is 8.62 Å². The summed E-state index contributed by atoms with van der Waals surface area (Å²) in [5, 5.41) is 0. The summed E-state index contributed by atoms with van der Waals surface area (Å²) >= 11 is 0. The van der Waals surface area contributed by atoms with Gasteiger partial charge in [-0.2, -0.15) is 0 Å². The Labute approximate surface area is 106 Å². The maximum absolute atomic E-state index is 10.2. The molecule has 0 aliphatic carbocycles. The summed E-state index contributed by atoms with van der Waals surface area (Å²) in [6.45, 7) is 0. The molecular weight excluding hydrogens is 354 g/mol. The van der Waals surface area contributed by atoms with Crippen LogP contribution in [0.2, 0.25) is 0 Å². The third-order valence-electron chi connectivity index (χ3n) is 0.406. The van der Waals surface area contributed by atoms with E-state index in [0.717, 1.165) is 0 Å². The fourth-order valence-corrected chi connectivity index (χ4v) is 2.68. The minimum Gasteiger partial charge on any atom is -0.756 e. The molecule has 0 fully saturated rings. The fraction of sp³-hybridized carbons (Fsp3) is 0. The smallest absolute Gasteiger partial charge is 0.756 e. The first-order valence-electron chi connectivity index (χ1n) is 2.23. The molecule has 0 bridgehead atoms. The molecule has 0 spiro atoms. The molecule has 0 aromatic heterocycles. The van der Waals surface area contributed by atoms with Crippen LogP contribution in [0.3, 0.4) is 0 Å². The third-order valence-corrected chi connectivity index (χ3v) is 3.66. The van der Waals surface area contributed by atoms with Crippen LogP contribution in [0.4, 0.5) is 0 Å². The number of hydrogen-bond acceptors (Lipinski definition) is 11. The normalized spacial score (nSPS) is 19.6. The molecule has 11 N–H and O–H groups in total. The first-order chi connectivity index (χ1) is 5.41. The minimum atomic E-state index is -5.84. The van der Waals surface area contributed by atoms with Crippen molar-refractivity contribution in [3.63, 3.8) is 0 Å². The number of phosphoric acid groups is 3. The Morgan fingerprint density at radius 2 is 0.941 bits per heavy atom. The van der Waals surface area contributed by atoms with Gasteiger partial charge >= 0.3 is 16.8 Å². The van der Waals surface area contributed by atoms with Crippen molar-refractivity contribution in [2.75, 3.05) is 0 Å². The van der Waals surface area contributed by atoms with E-state index in [9.17, 15) is 28.4 Å². The molecule has 0 aliphatic heterocycles. The van der Waals surface area contributed by atoms with Crippen molar-refractivity contribution in [1.29, 1.82) is 0 Å². The Bertz CT molecular complexity index is 289. The minimum absolute atomic E-state index is 0. The molecule has 0 saturated heterocycles. The largest absolute Gasteiger partial charge is 3.00 e. The topological polar surface area (TPSA) is 284 Å². The summed E-state index contributed by atoms with van der Waals surface area (Å²) in [4.78, 5) is 45.3. The predicted molar refractivity (Wildman–Crippen MR) is 44.5 cm³/mol. The van der Waals surface area contributed by atoms with Gasteiger partial charge in [-0.1, -0.05) is 0 Å². The summed E-state index contributed by atoms with van der Waals surface area (Å²) in [5.41, 5.74) is 0.